The van der Waals surface area contributed by atoms with Crippen molar-refractivity contribution in [2.45, 2.75) is 26.3 Å². The van der Waals surface area contributed by atoms with E-state index in [0.29, 0.717) is 36.3 Å². The molecule has 1 aliphatic carbocycles. The molecule has 174 valence electrons. The summed E-state index contributed by atoms with van der Waals surface area (Å²) in [4.78, 5) is 6.34. The molecule has 33 heavy (non-hydrogen) atoms. The average molecular weight is 468 g/mol. The molecule has 0 atom stereocenters. The van der Waals surface area contributed by atoms with E-state index in [1.807, 2.05) is 54.7 Å². The third-order valence-electron chi connectivity index (χ3n) is 5.51. The van der Waals surface area contributed by atoms with E-state index < -0.39 is 10.0 Å². The van der Waals surface area contributed by atoms with Crippen LogP contribution in [0.25, 0.3) is 0 Å². The number of anilines is 3. The van der Waals surface area contributed by atoms with Crippen LogP contribution in [0.1, 0.15) is 25.3 Å². The van der Waals surface area contributed by atoms with Crippen LogP contribution in [0.15, 0.2) is 67.0 Å². The largest absolute Gasteiger partial charge is 0.493 e. The topological polar surface area (TPSA) is 80.8 Å². The second-order valence-electron chi connectivity index (χ2n) is 8.09. The molecule has 0 spiro atoms. The van der Waals surface area contributed by atoms with Gasteiger partial charge in [-0.15, -0.1) is 0 Å². The number of hydrogen-bond donors (Lipinski definition) is 1. The van der Waals surface area contributed by atoms with Gasteiger partial charge in [-0.05, 0) is 67.6 Å². The Morgan fingerprint density at radius 2 is 1.88 bits per heavy atom. The van der Waals surface area contributed by atoms with Gasteiger partial charge in [0.2, 0.25) is 10.0 Å². The Hall–Kier alpha value is -3.26. The van der Waals surface area contributed by atoms with Gasteiger partial charge in [0.15, 0.2) is 11.5 Å². The molecular formula is C25H29N3O4S. The van der Waals surface area contributed by atoms with Crippen molar-refractivity contribution in [1.29, 1.82) is 0 Å². The van der Waals surface area contributed by atoms with Crippen molar-refractivity contribution in [3.8, 4) is 11.5 Å². The van der Waals surface area contributed by atoms with Crippen molar-refractivity contribution < 1.29 is 17.9 Å². The average Bonchev–Trinajstić information content (AvgIpc) is 3.66. The molecule has 4 rings (SSSR count). The summed E-state index contributed by atoms with van der Waals surface area (Å²) in [6, 6.07) is 17.1. The summed E-state index contributed by atoms with van der Waals surface area (Å²) in [6.45, 7) is 2.84. The number of pyridine rings is 1. The molecule has 2 aromatic carbocycles. The number of hydrogen-bond acceptors (Lipinski definition) is 6. The van der Waals surface area contributed by atoms with Crippen LogP contribution in [0.5, 0.6) is 11.5 Å². The zero-order valence-electron chi connectivity index (χ0n) is 18.9. The molecular weight excluding hydrogens is 438 g/mol. The minimum Gasteiger partial charge on any atom is -0.493 e. The zero-order chi connectivity index (χ0) is 23.3. The van der Waals surface area contributed by atoms with Crippen LogP contribution in [-0.4, -0.2) is 32.9 Å². The normalized spacial score (nSPS) is 13.4. The van der Waals surface area contributed by atoms with E-state index in [0.717, 1.165) is 16.9 Å². The first-order chi connectivity index (χ1) is 16.0. The summed E-state index contributed by atoms with van der Waals surface area (Å²) in [5.41, 5.74) is 3.28. The second kappa shape index (κ2) is 10.1. The van der Waals surface area contributed by atoms with Gasteiger partial charge in [0.25, 0.3) is 0 Å². The molecule has 1 heterocycles. The van der Waals surface area contributed by atoms with Crippen molar-refractivity contribution >= 4 is 27.1 Å². The Labute approximate surface area is 195 Å². The number of benzene rings is 2. The summed E-state index contributed by atoms with van der Waals surface area (Å²) in [5, 5.41) is 0. The molecule has 1 fully saturated rings. The van der Waals surface area contributed by atoms with Crippen molar-refractivity contribution in [3.63, 3.8) is 0 Å². The zero-order valence-corrected chi connectivity index (χ0v) is 19.7. The van der Waals surface area contributed by atoms with E-state index in [2.05, 4.69) is 14.6 Å². The molecule has 3 aromatic rings. The lowest BCUT2D eigenvalue weighted by atomic mass is 10.1. The van der Waals surface area contributed by atoms with Gasteiger partial charge in [-0.1, -0.05) is 12.1 Å². The summed E-state index contributed by atoms with van der Waals surface area (Å²) >= 11 is 0. The Balaban J connectivity index is 1.70. The fourth-order valence-corrected chi connectivity index (χ4v) is 4.06. The maximum Gasteiger partial charge on any atom is 0.232 e. The molecule has 0 bridgehead atoms. The number of nitrogens with one attached hydrogen (secondary N) is 1. The molecule has 8 heteroatoms. The van der Waals surface area contributed by atoms with Crippen LogP contribution in [0.4, 0.5) is 17.1 Å². The number of rotatable bonds is 11. The van der Waals surface area contributed by atoms with Gasteiger partial charge in [0.05, 0.1) is 25.2 Å². The van der Waals surface area contributed by atoms with Gasteiger partial charge in [-0.2, -0.15) is 0 Å². The minimum absolute atomic E-state index is 0.0107. The molecule has 0 aliphatic heterocycles. The third-order valence-corrected chi connectivity index (χ3v) is 6.81. The fourth-order valence-electron chi connectivity index (χ4n) is 3.43. The molecule has 1 aliphatic rings. The summed E-state index contributed by atoms with van der Waals surface area (Å²) in [7, 11) is -1.74. The van der Waals surface area contributed by atoms with E-state index in [-0.39, 0.29) is 5.75 Å². The van der Waals surface area contributed by atoms with Gasteiger partial charge >= 0.3 is 0 Å². The molecule has 0 unspecified atom stereocenters. The smallest absolute Gasteiger partial charge is 0.232 e. The maximum absolute atomic E-state index is 12.1. The lowest BCUT2D eigenvalue weighted by Crippen LogP contribution is -2.18. The predicted molar refractivity (Wildman–Crippen MR) is 131 cm³/mol. The number of nitrogens with zero attached hydrogens (tertiary/aromatic N) is 2. The lowest BCUT2D eigenvalue weighted by molar-refractivity contribution is 0.280. The van der Waals surface area contributed by atoms with Gasteiger partial charge < -0.3 is 14.4 Å². The molecule has 0 saturated heterocycles. The highest BCUT2D eigenvalue weighted by Gasteiger charge is 2.23. The summed E-state index contributed by atoms with van der Waals surface area (Å²) < 4.78 is 38.4. The van der Waals surface area contributed by atoms with Crippen LogP contribution in [-0.2, 0) is 16.6 Å². The monoisotopic (exact) mass is 467 g/mol. The molecule has 1 saturated carbocycles. The Kier molecular flexibility index (Phi) is 7.03. The number of sulfonamides is 1. The first kappa shape index (κ1) is 22.9. The number of ether oxygens (including phenoxy) is 2. The van der Waals surface area contributed by atoms with E-state index in [1.165, 1.54) is 12.8 Å². The Morgan fingerprint density at radius 1 is 1.06 bits per heavy atom. The van der Waals surface area contributed by atoms with Crippen LogP contribution in [0, 0.1) is 5.92 Å². The Morgan fingerprint density at radius 3 is 2.58 bits per heavy atom. The van der Waals surface area contributed by atoms with Crippen LogP contribution in [0.2, 0.25) is 0 Å². The SMILES string of the molecule is CCS(=O)(=O)Nc1cccc(N(Cc2cccnc2)c2ccc(OC)c(OCC3CC3)c2)c1. The second-order valence-corrected chi connectivity index (χ2v) is 10.1. The van der Waals surface area contributed by atoms with Crippen LogP contribution >= 0.6 is 0 Å². The first-order valence-electron chi connectivity index (χ1n) is 11.0. The number of aromatic nitrogens is 1. The van der Waals surface area contributed by atoms with Gasteiger partial charge in [0, 0.05) is 36.4 Å². The van der Waals surface area contributed by atoms with E-state index in [1.54, 1.807) is 26.3 Å². The maximum atomic E-state index is 12.1. The molecule has 0 amide bonds. The fraction of sp³-hybridized carbons (Fsp3) is 0.320. The van der Waals surface area contributed by atoms with Gasteiger partial charge in [-0.3, -0.25) is 9.71 Å². The summed E-state index contributed by atoms with van der Waals surface area (Å²) in [6.07, 6.45) is 5.97. The minimum atomic E-state index is -3.38. The van der Waals surface area contributed by atoms with Crippen molar-refractivity contribution in [1.82, 2.24) is 4.98 Å². The Bertz CT molecular complexity index is 1180. The highest BCUT2D eigenvalue weighted by atomic mass is 32.2. The quantitative estimate of drug-likeness (QED) is 0.428. The molecule has 7 nitrogen and oxygen atoms in total. The lowest BCUT2D eigenvalue weighted by Gasteiger charge is -2.26. The standard InChI is InChI=1S/C25H29N3O4S/c1-3-33(29,30)27-21-7-4-8-22(14-21)28(17-20-6-5-13-26-16-20)23-11-12-24(31-2)25(15-23)32-18-19-9-10-19/h4-8,11-16,19,27H,3,9-10,17-18H2,1-2H3. The van der Waals surface area contributed by atoms with E-state index in [4.69, 9.17) is 9.47 Å². The highest BCUT2D eigenvalue weighted by Crippen LogP contribution is 2.38. The number of methoxy groups -OCH3 is 1. The van der Waals surface area contributed by atoms with Crippen LogP contribution in [0.3, 0.4) is 0 Å². The molecule has 1 N–H and O–H groups in total. The van der Waals surface area contributed by atoms with Gasteiger partial charge in [-0.25, -0.2) is 8.42 Å². The first-order valence-corrected chi connectivity index (χ1v) is 12.7. The van der Waals surface area contributed by atoms with Crippen LogP contribution < -0.4 is 19.1 Å². The third kappa shape index (κ3) is 6.16. The van der Waals surface area contributed by atoms with Gasteiger partial charge in [0.1, 0.15) is 0 Å². The molecule has 1 aromatic heterocycles. The highest BCUT2D eigenvalue weighted by molar-refractivity contribution is 7.92. The van der Waals surface area contributed by atoms with Crippen molar-refractivity contribution in [2.75, 3.05) is 29.1 Å². The summed E-state index contributed by atoms with van der Waals surface area (Å²) in [5.74, 6) is 2.01. The van der Waals surface area contributed by atoms with E-state index >= 15 is 0 Å². The molecule has 0 radical (unpaired) electrons. The predicted octanol–water partition coefficient (Wildman–Crippen LogP) is 4.98. The van der Waals surface area contributed by atoms with Crippen molar-refractivity contribution in [3.05, 3.63) is 72.6 Å². The van der Waals surface area contributed by atoms with E-state index in [9.17, 15) is 8.42 Å². The van der Waals surface area contributed by atoms with Crippen molar-refractivity contribution in [2.24, 2.45) is 5.92 Å².